The molecule has 1 amide bonds. The number of fused-ring (bicyclic) bond motifs is 1. The lowest BCUT2D eigenvalue weighted by Crippen LogP contribution is -2.38. The Balaban J connectivity index is 1.91. The number of aromatic nitrogens is 2. The zero-order valence-corrected chi connectivity index (χ0v) is 14.9. The Kier molecular flexibility index (Phi) is 4.24. The highest BCUT2D eigenvalue weighted by atomic mass is 16.3. The zero-order chi connectivity index (χ0) is 18.4. The van der Waals surface area contributed by atoms with Crippen LogP contribution in [0, 0.1) is 6.92 Å². The van der Waals surface area contributed by atoms with Gasteiger partial charge in [0, 0.05) is 11.8 Å². The highest BCUT2D eigenvalue weighted by Crippen LogP contribution is 2.31. The molecule has 0 saturated heterocycles. The van der Waals surface area contributed by atoms with Crippen LogP contribution in [0.2, 0.25) is 0 Å². The molecule has 3 N–H and O–H groups in total. The number of nitrogens with one attached hydrogen (secondary N) is 2. The molecule has 1 aromatic carbocycles. The molecule has 0 spiro atoms. The van der Waals surface area contributed by atoms with E-state index in [1.165, 1.54) is 0 Å². The predicted octanol–water partition coefficient (Wildman–Crippen LogP) is 1.76. The number of hydrogen-bond donors (Lipinski definition) is 3. The van der Waals surface area contributed by atoms with Crippen molar-refractivity contribution in [2.75, 3.05) is 0 Å². The highest BCUT2D eigenvalue weighted by Gasteiger charge is 2.33. The maximum Gasteiger partial charge on any atom is 0.264 e. The molecule has 1 aliphatic rings. The van der Waals surface area contributed by atoms with Crippen LogP contribution in [0.1, 0.15) is 59.8 Å². The van der Waals surface area contributed by atoms with Gasteiger partial charge >= 0.3 is 0 Å². The lowest BCUT2D eigenvalue weighted by Gasteiger charge is -2.20. The number of aryl methyl sites for hydroxylation is 1. The van der Waals surface area contributed by atoms with Gasteiger partial charge in [-0.1, -0.05) is 45.0 Å². The van der Waals surface area contributed by atoms with Crippen LogP contribution in [0.25, 0.3) is 0 Å². The standard InChI is InChI=1S/C19H23N3O3/c1-10-14(17(25)22-18(20-10)19(2,3)4)16(24)21-15-12-8-6-5-7-11(12)9-13(15)23/h5-8,13,15,23H,9H2,1-4H3,(H,21,24)(H,20,22,25)/t13-,15+/m1/s1. The van der Waals surface area contributed by atoms with Crippen molar-refractivity contribution >= 4 is 5.91 Å². The van der Waals surface area contributed by atoms with Crippen molar-refractivity contribution in [2.24, 2.45) is 0 Å². The normalized spacial score (nSPS) is 19.6. The van der Waals surface area contributed by atoms with Gasteiger partial charge in [0.05, 0.1) is 17.8 Å². The molecule has 6 nitrogen and oxygen atoms in total. The van der Waals surface area contributed by atoms with Gasteiger partial charge in [-0.05, 0) is 18.1 Å². The third kappa shape index (κ3) is 3.22. The van der Waals surface area contributed by atoms with Gasteiger partial charge in [-0.2, -0.15) is 0 Å². The SMILES string of the molecule is Cc1nc(C(C)(C)C)[nH]c(=O)c1C(=O)N[C@H]1c2ccccc2C[C@H]1O. The molecule has 0 radical (unpaired) electrons. The summed E-state index contributed by atoms with van der Waals surface area (Å²) in [4.78, 5) is 32.2. The molecular weight excluding hydrogens is 318 g/mol. The van der Waals surface area contributed by atoms with Crippen molar-refractivity contribution in [1.82, 2.24) is 15.3 Å². The molecule has 0 bridgehead atoms. The van der Waals surface area contributed by atoms with E-state index in [-0.39, 0.29) is 11.0 Å². The second-order valence-corrected chi connectivity index (χ2v) is 7.55. The number of nitrogens with zero attached hydrogens (tertiary/aromatic N) is 1. The van der Waals surface area contributed by atoms with E-state index in [0.717, 1.165) is 11.1 Å². The zero-order valence-electron chi connectivity index (χ0n) is 14.9. The first-order valence-electron chi connectivity index (χ1n) is 8.36. The molecule has 1 aromatic heterocycles. The molecule has 25 heavy (non-hydrogen) atoms. The van der Waals surface area contributed by atoms with Crippen LogP contribution in [-0.4, -0.2) is 27.1 Å². The quantitative estimate of drug-likeness (QED) is 0.776. The van der Waals surface area contributed by atoms with E-state index < -0.39 is 23.6 Å². The van der Waals surface area contributed by atoms with Gasteiger partial charge in [0.15, 0.2) is 0 Å². The number of aliphatic hydroxyl groups is 1. The summed E-state index contributed by atoms with van der Waals surface area (Å²) in [6, 6.07) is 7.06. The van der Waals surface area contributed by atoms with E-state index >= 15 is 0 Å². The summed E-state index contributed by atoms with van der Waals surface area (Å²) in [7, 11) is 0. The topological polar surface area (TPSA) is 95.1 Å². The van der Waals surface area contributed by atoms with Crippen LogP contribution < -0.4 is 10.9 Å². The second-order valence-electron chi connectivity index (χ2n) is 7.55. The molecule has 0 aliphatic heterocycles. The van der Waals surface area contributed by atoms with Crippen LogP contribution in [-0.2, 0) is 11.8 Å². The monoisotopic (exact) mass is 341 g/mol. The predicted molar refractivity (Wildman–Crippen MR) is 94.7 cm³/mol. The average molecular weight is 341 g/mol. The molecule has 0 fully saturated rings. The Morgan fingerprint density at radius 3 is 2.64 bits per heavy atom. The Morgan fingerprint density at radius 1 is 1.32 bits per heavy atom. The Bertz CT molecular complexity index is 880. The minimum Gasteiger partial charge on any atom is -0.390 e. The van der Waals surface area contributed by atoms with Crippen LogP contribution in [0.3, 0.4) is 0 Å². The van der Waals surface area contributed by atoms with Crippen LogP contribution >= 0.6 is 0 Å². The first-order valence-corrected chi connectivity index (χ1v) is 8.36. The van der Waals surface area contributed by atoms with Crippen LogP contribution in [0.4, 0.5) is 0 Å². The van der Waals surface area contributed by atoms with Gasteiger partial charge in [0.1, 0.15) is 11.4 Å². The third-order valence-electron chi connectivity index (χ3n) is 4.53. The van der Waals surface area contributed by atoms with Crippen LogP contribution in [0.5, 0.6) is 0 Å². The number of rotatable bonds is 2. The number of carbonyl (C=O) groups is 1. The molecule has 0 saturated carbocycles. The smallest absolute Gasteiger partial charge is 0.264 e. The van der Waals surface area contributed by atoms with Crippen molar-refractivity contribution in [3.05, 3.63) is 62.8 Å². The molecular formula is C19H23N3O3. The van der Waals surface area contributed by atoms with E-state index in [1.54, 1.807) is 6.92 Å². The lowest BCUT2D eigenvalue weighted by atomic mass is 9.95. The number of H-pyrrole nitrogens is 1. The maximum absolute atomic E-state index is 12.7. The van der Waals surface area contributed by atoms with Gasteiger partial charge in [-0.3, -0.25) is 9.59 Å². The van der Waals surface area contributed by atoms with Crippen molar-refractivity contribution in [3.8, 4) is 0 Å². The molecule has 0 unspecified atom stereocenters. The summed E-state index contributed by atoms with van der Waals surface area (Å²) in [5, 5.41) is 13.1. The molecule has 3 rings (SSSR count). The minimum absolute atomic E-state index is 0.00965. The van der Waals surface area contributed by atoms with Crippen molar-refractivity contribution < 1.29 is 9.90 Å². The van der Waals surface area contributed by atoms with Crippen molar-refractivity contribution in [2.45, 2.75) is 51.7 Å². The maximum atomic E-state index is 12.7. The van der Waals surface area contributed by atoms with Gasteiger partial charge < -0.3 is 15.4 Å². The van der Waals surface area contributed by atoms with Crippen molar-refractivity contribution in [1.29, 1.82) is 0 Å². The number of hydrogen-bond acceptors (Lipinski definition) is 4. The van der Waals surface area contributed by atoms with Gasteiger partial charge in [0.2, 0.25) is 0 Å². The molecule has 1 heterocycles. The largest absolute Gasteiger partial charge is 0.390 e. The van der Waals surface area contributed by atoms with Gasteiger partial charge in [-0.25, -0.2) is 4.98 Å². The first kappa shape index (κ1) is 17.4. The Morgan fingerprint density at radius 2 is 2.00 bits per heavy atom. The summed E-state index contributed by atoms with van der Waals surface area (Å²) in [6.45, 7) is 7.47. The number of aromatic amines is 1. The summed E-state index contributed by atoms with van der Waals surface area (Å²) >= 11 is 0. The number of benzene rings is 1. The van der Waals surface area contributed by atoms with E-state index in [9.17, 15) is 14.7 Å². The first-order chi connectivity index (χ1) is 11.7. The van der Waals surface area contributed by atoms with Crippen molar-refractivity contribution in [3.63, 3.8) is 0 Å². The van der Waals surface area contributed by atoms with E-state index in [2.05, 4.69) is 15.3 Å². The molecule has 2 atom stereocenters. The lowest BCUT2D eigenvalue weighted by molar-refractivity contribution is 0.0855. The molecule has 132 valence electrons. The van der Waals surface area contributed by atoms with Gasteiger partial charge in [0.25, 0.3) is 11.5 Å². The van der Waals surface area contributed by atoms with E-state index in [1.807, 2.05) is 45.0 Å². The molecule has 2 aromatic rings. The Labute approximate surface area is 146 Å². The summed E-state index contributed by atoms with van der Waals surface area (Å²) in [6.07, 6.45) is -0.222. The summed E-state index contributed by atoms with van der Waals surface area (Å²) in [5.41, 5.74) is 1.48. The average Bonchev–Trinajstić information content (AvgIpc) is 2.82. The molecule has 1 aliphatic carbocycles. The van der Waals surface area contributed by atoms with E-state index in [0.29, 0.717) is 17.9 Å². The molecule has 6 heteroatoms. The fraction of sp³-hybridized carbons (Fsp3) is 0.421. The number of amides is 1. The minimum atomic E-state index is -0.706. The summed E-state index contributed by atoms with van der Waals surface area (Å²) in [5.74, 6) is 0.0188. The number of aliphatic hydroxyl groups excluding tert-OH is 1. The van der Waals surface area contributed by atoms with E-state index in [4.69, 9.17) is 0 Å². The number of carbonyl (C=O) groups excluding carboxylic acids is 1. The Hall–Kier alpha value is -2.47. The fourth-order valence-electron chi connectivity index (χ4n) is 3.17. The van der Waals surface area contributed by atoms with Crippen LogP contribution in [0.15, 0.2) is 29.1 Å². The fourth-order valence-corrected chi connectivity index (χ4v) is 3.17. The summed E-state index contributed by atoms with van der Waals surface area (Å²) < 4.78 is 0. The second kappa shape index (κ2) is 6.11. The third-order valence-corrected chi connectivity index (χ3v) is 4.53. The highest BCUT2D eigenvalue weighted by molar-refractivity contribution is 5.95. The van der Waals surface area contributed by atoms with Gasteiger partial charge in [-0.15, -0.1) is 0 Å².